The van der Waals surface area contributed by atoms with E-state index in [0.29, 0.717) is 23.6 Å². The van der Waals surface area contributed by atoms with Gasteiger partial charge in [0.25, 0.3) is 5.91 Å². The van der Waals surface area contributed by atoms with E-state index in [1.54, 1.807) is 0 Å². The Kier molecular flexibility index (Phi) is 3.81. The summed E-state index contributed by atoms with van der Waals surface area (Å²) in [6.07, 6.45) is 2.91. The van der Waals surface area contributed by atoms with Crippen molar-refractivity contribution in [1.29, 1.82) is 5.26 Å². The van der Waals surface area contributed by atoms with Gasteiger partial charge in [0.1, 0.15) is 6.07 Å². The summed E-state index contributed by atoms with van der Waals surface area (Å²) < 4.78 is 0. The number of nitriles is 1. The first kappa shape index (κ1) is 11.2. The Morgan fingerprint density at radius 2 is 2.40 bits per heavy atom. The minimum absolute atomic E-state index is 0.242. The lowest BCUT2D eigenvalue weighted by molar-refractivity contribution is 0.0948. The van der Waals surface area contributed by atoms with Crippen molar-refractivity contribution in [2.75, 3.05) is 6.54 Å². The molecule has 0 aliphatic rings. The van der Waals surface area contributed by atoms with Gasteiger partial charge in [-0.1, -0.05) is 13.8 Å². The highest BCUT2D eigenvalue weighted by Gasteiger charge is 2.10. The molecule has 78 valence electrons. The van der Waals surface area contributed by atoms with Gasteiger partial charge in [-0.25, -0.2) is 0 Å². The first-order valence-corrected chi connectivity index (χ1v) is 4.77. The highest BCUT2D eigenvalue weighted by atomic mass is 16.1. The molecule has 0 saturated carbocycles. The average Bonchev–Trinajstić information content (AvgIpc) is 2.25. The molecule has 15 heavy (non-hydrogen) atoms. The average molecular weight is 203 g/mol. The number of hydrogen-bond donors (Lipinski definition) is 1. The number of carbonyl (C=O) groups is 1. The summed E-state index contributed by atoms with van der Waals surface area (Å²) in [5.74, 6) is 0.143. The Morgan fingerprint density at radius 1 is 1.67 bits per heavy atom. The maximum atomic E-state index is 11.6. The quantitative estimate of drug-likeness (QED) is 0.806. The fourth-order valence-corrected chi connectivity index (χ4v) is 1.06. The van der Waals surface area contributed by atoms with E-state index in [0.717, 1.165) is 0 Å². The first-order valence-electron chi connectivity index (χ1n) is 4.77. The molecule has 1 aromatic rings. The SMILES string of the molecule is CC(C)CNC(=O)c1cnccc1C#N. The smallest absolute Gasteiger partial charge is 0.254 e. The summed E-state index contributed by atoms with van der Waals surface area (Å²) in [4.78, 5) is 15.5. The van der Waals surface area contributed by atoms with Gasteiger partial charge < -0.3 is 5.32 Å². The molecule has 4 nitrogen and oxygen atoms in total. The van der Waals surface area contributed by atoms with Gasteiger partial charge in [-0.2, -0.15) is 5.26 Å². The minimum Gasteiger partial charge on any atom is -0.352 e. The lowest BCUT2D eigenvalue weighted by Gasteiger charge is -2.07. The predicted molar refractivity (Wildman–Crippen MR) is 56.1 cm³/mol. The maximum absolute atomic E-state index is 11.6. The Balaban J connectivity index is 2.78. The first-order chi connectivity index (χ1) is 7.15. The second kappa shape index (κ2) is 5.11. The van der Waals surface area contributed by atoms with E-state index >= 15 is 0 Å². The Hall–Kier alpha value is -1.89. The van der Waals surface area contributed by atoms with Crippen molar-refractivity contribution in [1.82, 2.24) is 10.3 Å². The molecule has 0 fully saturated rings. The zero-order valence-corrected chi connectivity index (χ0v) is 8.82. The van der Waals surface area contributed by atoms with Crippen LogP contribution in [0, 0.1) is 17.2 Å². The molecule has 0 aliphatic heterocycles. The summed E-state index contributed by atoms with van der Waals surface area (Å²) in [6, 6.07) is 3.50. The van der Waals surface area contributed by atoms with Crippen LogP contribution in [0.15, 0.2) is 18.5 Å². The summed E-state index contributed by atoms with van der Waals surface area (Å²) in [7, 11) is 0. The normalized spacial score (nSPS) is 9.73. The molecule has 0 radical (unpaired) electrons. The van der Waals surface area contributed by atoms with Gasteiger partial charge in [-0.05, 0) is 12.0 Å². The Bertz CT molecular complexity index is 393. The lowest BCUT2D eigenvalue weighted by Crippen LogP contribution is -2.28. The van der Waals surface area contributed by atoms with E-state index in [-0.39, 0.29) is 5.91 Å². The second-order valence-corrected chi connectivity index (χ2v) is 3.64. The van der Waals surface area contributed by atoms with Crippen molar-refractivity contribution in [3.63, 3.8) is 0 Å². The van der Waals surface area contributed by atoms with Gasteiger partial charge in [0.05, 0.1) is 11.1 Å². The van der Waals surface area contributed by atoms with Crippen LogP contribution in [0.1, 0.15) is 29.8 Å². The number of carbonyl (C=O) groups excluding carboxylic acids is 1. The molecule has 1 heterocycles. The van der Waals surface area contributed by atoms with Crippen LogP contribution in [-0.4, -0.2) is 17.4 Å². The molecule has 0 saturated heterocycles. The van der Waals surface area contributed by atoms with Crippen LogP contribution >= 0.6 is 0 Å². The summed E-state index contributed by atoms with van der Waals surface area (Å²) in [5, 5.41) is 11.5. The van der Waals surface area contributed by atoms with Crippen LogP contribution in [-0.2, 0) is 0 Å². The van der Waals surface area contributed by atoms with E-state index < -0.39 is 0 Å². The van der Waals surface area contributed by atoms with Crippen LogP contribution in [0.3, 0.4) is 0 Å². The molecule has 0 unspecified atom stereocenters. The highest BCUT2D eigenvalue weighted by Crippen LogP contribution is 2.04. The van der Waals surface area contributed by atoms with E-state index in [1.807, 2.05) is 19.9 Å². The molecule has 0 aliphatic carbocycles. The molecule has 0 aromatic carbocycles. The van der Waals surface area contributed by atoms with Crippen LogP contribution in [0.5, 0.6) is 0 Å². The third-order valence-corrected chi connectivity index (χ3v) is 1.86. The zero-order chi connectivity index (χ0) is 11.3. The van der Waals surface area contributed by atoms with Crippen LogP contribution in [0.4, 0.5) is 0 Å². The largest absolute Gasteiger partial charge is 0.352 e. The fraction of sp³-hybridized carbons (Fsp3) is 0.364. The van der Waals surface area contributed by atoms with Gasteiger partial charge in [-0.3, -0.25) is 9.78 Å². The third kappa shape index (κ3) is 3.06. The minimum atomic E-state index is -0.242. The summed E-state index contributed by atoms with van der Waals surface area (Å²) >= 11 is 0. The van der Waals surface area contributed by atoms with Crippen molar-refractivity contribution in [3.05, 3.63) is 29.6 Å². The number of aromatic nitrogens is 1. The van der Waals surface area contributed by atoms with Gasteiger partial charge >= 0.3 is 0 Å². The Labute approximate surface area is 88.9 Å². The fourth-order valence-electron chi connectivity index (χ4n) is 1.06. The number of rotatable bonds is 3. The van der Waals surface area contributed by atoms with E-state index in [4.69, 9.17) is 5.26 Å². The van der Waals surface area contributed by atoms with Crippen molar-refractivity contribution >= 4 is 5.91 Å². The van der Waals surface area contributed by atoms with E-state index in [9.17, 15) is 4.79 Å². The highest BCUT2D eigenvalue weighted by molar-refractivity contribution is 5.96. The zero-order valence-electron chi connectivity index (χ0n) is 8.82. The van der Waals surface area contributed by atoms with Crippen molar-refractivity contribution in [2.24, 2.45) is 5.92 Å². The lowest BCUT2D eigenvalue weighted by atomic mass is 10.1. The van der Waals surface area contributed by atoms with Crippen LogP contribution in [0.25, 0.3) is 0 Å². The van der Waals surface area contributed by atoms with Crippen molar-refractivity contribution < 1.29 is 4.79 Å². The molecule has 4 heteroatoms. The van der Waals surface area contributed by atoms with Gasteiger partial charge in [0, 0.05) is 18.9 Å². The Morgan fingerprint density at radius 3 is 3.00 bits per heavy atom. The topological polar surface area (TPSA) is 65.8 Å². The van der Waals surface area contributed by atoms with E-state index in [1.165, 1.54) is 18.5 Å². The molecular formula is C11H13N3O. The third-order valence-electron chi connectivity index (χ3n) is 1.86. The van der Waals surface area contributed by atoms with Crippen LogP contribution in [0.2, 0.25) is 0 Å². The van der Waals surface area contributed by atoms with Crippen molar-refractivity contribution in [2.45, 2.75) is 13.8 Å². The van der Waals surface area contributed by atoms with Crippen LogP contribution < -0.4 is 5.32 Å². The number of hydrogen-bond acceptors (Lipinski definition) is 3. The standard InChI is InChI=1S/C11H13N3O/c1-8(2)6-14-11(15)10-7-13-4-3-9(10)5-12/h3-4,7-8H,6H2,1-2H3,(H,14,15). The molecule has 1 amide bonds. The molecular weight excluding hydrogens is 190 g/mol. The van der Waals surface area contributed by atoms with E-state index in [2.05, 4.69) is 10.3 Å². The summed E-state index contributed by atoms with van der Waals surface area (Å²) in [6.45, 7) is 4.61. The molecule has 1 aromatic heterocycles. The number of amides is 1. The number of nitrogens with one attached hydrogen (secondary N) is 1. The van der Waals surface area contributed by atoms with Gasteiger partial charge in [0.15, 0.2) is 0 Å². The maximum Gasteiger partial charge on any atom is 0.254 e. The monoisotopic (exact) mass is 203 g/mol. The molecule has 0 bridgehead atoms. The molecule has 0 spiro atoms. The predicted octanol–water partition coefficient (Wildman–Crippen LogP) is 1.34. The van der Waals surface area contributed by atoms with Gasteiger partial charge in [0.2, 0.25) is 0 Å². The summed E-state index contributed by atoms with van der Waals surface area (Å²) in [5.41, 5.74) is 0.687. The second-order valence-electron chi connectivity index (χ2n) is 3.64. The molecule has 1 rings (SSSR count). The molecule has 0 atom stereocenters. The number of nitrogens with zero attached hydrogens (tertiary/aromatic N) is 2. The molecule has 1 N–H and O–H groups in total. The van der Waals surface area contributed by atoms with Crippen molar-refractivity contribution in [3.8, 4) is 6.07 Å². The van der Waals surface area contributed by atoms with Gasteiger partial charge in [-0.15, -0.1) is 0 Å². The number of pyridine rings is 1.